The highest BCUT2D eigenvalue weighted by molar-refractivity contribution is 6.16. The van der Waals surface area contributed by atoms with Gasteiger partial charge in [-0.25, -0.2) is 4.98 Å². The molecule has 0 radical (unpaired) electrons. The number of hydrogen-bond acceptors (Lipinski definition) is 5. The van der Waals surface area contributed by atoms with Gasteiger partial charge in [-0.15, -0.1) is 0 Å². The van der Waals surface area contributed by atoms with Crippen LogP contribution >= 0.6 is 0 Å². The second-order valence-electron chi connectivity index (χ2n) is 21.8. The summed E-state index contributed by atoms with van der Waals surface area (Å²) in [6.07, 6.45) is 0. The smallest absolute Gasteiger partial charge is 0.238 e. The molecule has 12 aromatic carbocycles. The van der Waals surface area contributed by atoms with Gasteiger partial charge in [-0.3, -0.25) is 9.36 Å². The zero-order chi connectivity index (χ0) is 55.5. The molecule has 0 N–H and O–H groups in total. The van der Waals surface area contributed by atoms with E-state index in [1.807, 2.05) is 84.9 Å². The molecular weight excluding hydrogens is 1020 g/mol. The van der Waals surface area contributed by atoms with Crippen LogP contribution in [0.4, 0.5) is 17.1 Å². The molecule has 0 amide bonds. The number of fused-ring (bicyclic) bond motifs is 14. The number of benzene rings is 12. The van der Waals surface area contributed by atoms with Gasteiger partial charge in [0.05, 0.1) is 38.9 Å². The van der Waals surface area contributed by atoms with Crippen molar-refractivity contribution in [2.24, 2.45) is 0 Å². The van der Waals surface area contributed by atoms with E-state index in [1.165, 1.54) is 0 Å². The van der Waals surface area contributed by atoms with Gasteiger partial charge in [-0.1, -0.05) is 212 Å². The minimum Gasteiger partial charge on any atom is -0.310 e. The highest BCUT2D eigenvalue weighted by Gasteiger charge is 2.51. The van der Waals surface area contributed by atoms with Crippen molar-refractivity contribution in [1.82, 2.24) is 24.1 Å². The molecule has 0 unspecified atom stereocenters. The van der Waals surface area contributed by atoms with Crippen molar-refractivity contribution in [3.05, 3.63) is 325 Å². The minimum atomic E-state index is -0.809. The van der Waals surface area contributed by atoms with Crippen molar-refractivity contribution >= 4 is 66.5 Å². The standard InChI is InChI=1S/C77H48N6O/c84-73-59-30-13-16-32-63(59)77(64-33-17-14-31-60(64)73)65-34-18-20-36-70(65)82(56-27-11-4-12-28-56)71-44-40-53(47-66(71)77)54-37-41-58-62-46-51(38-42-68(62)81(72(58)48-54)55-25-9-3-10-26-55)52-39-43-69-61(45-52)57-29-15-19-35-67(57)83(69)76-79-74(49-21-5-1-6-22-49)78-75(80-76)50-23-7-2-8-24-50/h1-48H. The monoisotopic (exact) mass is 1070 g/mol. The summed E-state index contributed by atoms with van der Waals surface area (Å²) < 4.78 is 4.58. The molecule has 0 saturated heterocycles. The van der Waals surface area contributed by atoms with Crippen LogP contribution in [0, 0.1) is 0 Å². The number of carbonyl (C=O) groups is 1. The lowest BCUT2D eigenvalue weighted by Crippen LogP contribution is -2.42. The lowest BCUT2D eigenvalue weighted by atomic mass is 9.57. The Morgan fingerprint density at radius 1 is 0.286 bits per heavy atom. The van der Waals surface area contributed by atoms with E-state index in [0.717, 1.165) is 133 Å². The second kappa shape index (κ2) is 18.6. The summed E-state index contributed by atoms with van der Waals surface area (Å²) in [5, 5.41) is 4.54. The summed E-state index contributed by atoms with van der Waals surface area (Å²) in [6, 6.07) is 103. The van der Waals surface area contributed by atoms with Gasteiger partial charge in [0.15, 0.2) is 17.4 Å². The number of anilines is 3. The summed E-state index contributed by atoms with van der Waals surface area (Å²) in [5.74, 6) is 1.84. The van der Waals surface area contributed by atoms with Gasteiger partial charge >= 0.3 is 0 Å². The molecule has 0 bridgehead atoms. The maximum absolute atomic E-state index is 14.6. The van der Waals surface area contributed by atoms with E-state index >= 15 is 0 Å². The predicted octanol–water partition coefficient (Wildman–Crippen LogP) is 18.4. The van der Waals surface area contributed by atoms with Gasteiger partial charge in [0.25, 0.3) is 0 Å². The van der Waals surface area contributed by atoms with Crippen molar-refractivity contribution in [3.63, 3.8) is 0 Å². The Kier molecular flexibility index (Phi) is 10.5. The van der Waals surface area contributed by atoms with Crippen LogP contribution in [0.2, 0.25) is 0 Å². The van der Waals surface area contributed by atoms with Crippen LogP contribution in [0.5, 0.6) is 0 Å². The summed E-state index contributed by atoms with van der Waals surface area (Å²) in [7, 11) is 0. The van der Waals surface area contributed by atoms with Gasteiger partial charge in [0.2, 0.25) is 5.95 Å². The maximum Gasteiger partial charge on any atom is 0.238 e. The van der Waals surface area contributed by atoms with Crippen molar-refractivity contribution in [2.75, 3.05) is 4.90 Å². The van der Waals surface area contributed by atoms with Crippen LogP contribution < -0.4 is 4.90 Å². The van der Waals surface area contributed by atoms with Crippen LogP contribution in [-0.4, -0.2) is 29.9 Å². The van der Waals surface area contributed by atoms with Gasteiger partial charge < -0.3 is 9.47 Å². The Morgan fingerprint density at radius 3 is 1.38 bits per heavy atom. The molecule has 7 heteroatoms. The SMILES string of the molecule is O=C1c2ccccc2C2(c3ccccc31)c1ccccc1N(c1ccccc1)c1ccc(-c3ccc4c5cc(-c6ccc7c(c6)c6ccccc6n7-c6nc(-c7ccccc7)nc(-c7ccccc7)n6)ccc5n(-c5ccccc5)c4c3)cc12. The Labute approximate surface area is 484 Å². The maximum atomic E-state index is 14.6. The van der Waals surface area contributed by atoms with Crippen LogP contribution in [0.15, 0.2) is 291 Å². The summed E-state index contributed by atoms with van der Waals surface area (Å²) >= 11 is 0. The lowest BCUT2D eigenvalue weighted by molar-refractivity contribution is 0.103. The molecule has 4 heterocycles. The Balaban J connectivity index is 0.840. The largest absolute Gasteiger partial charge is 0.310 e. The fourth-order valence-corrected chi connectivity index (χ4v) is 13.7. The number of nitrogens with zero attached hydrogens (tertiary/aromatic N) is 6. The van der Waals surface area contributed by atoms with Gasteiger partial charge in [0, 0.05) is 55.2 Å². The number of ketones is 1. The first-order valence-corrected chi connectivity index (χ1v) is 28.5. The molecule has 7 nitrogen and oxygen atoms in total. The summed E-state index contributed by atoms with van der Waals surface area (Å²) in [5.41, 5.74) is 19.7. The Bertz CT molecular complexity index is 5060. The number of aromatic nitrogens is 5. The van der Waals surface area contributed by atoms with E-state index in [0.29, 0.717) is 17.6 Å². The van der Waals surface area contributed by atoms with Gasteiger partial charge in [-0.2, -0.15) is 9.97 Å². The predicted molar refractivity (Wildman–Crippen MR) is 340 cm³/mol. The molecule has 0 saturated carbocycles. The molecule has 0 atom stereocenters. The lowest BCUT2D eigenvalue weighted by Gasteiger charge is -2.49. The van der Waals surface area contributed by atoms with Crippen LogP contribution in [0.3, 0.4) is 0 Å². The van der Waals surface area contributed by atoms with Crippen molar-refractivity contribution in [3.8, 4) is 56.7 Å². The highest BCUT2D eigenvalue weighted by Crippen LogP contribution is 2.61. The fraction of sp³-hybridized carbons (Fsp3) is 0.0130. The van der Waals surface area contributed by atoms with Crippen LogP contribution in [0.25, 0.3) is 100 Å². The van der Waals surface area contributed by atoms with Crippen molar-refractivity contribution < 1.29 is 4.79 Å². The molecule has 1 aliphatic heterocycles. The third-order valence-electron chi connectivity index (χ3n) is 17.4. The van der Waals surface area contributed by atoms with Crippen molar-refractivity contribution in [2.45, 2.75) is 5.41 Å². The molecule has 392 valence electrons. The average Bonchev–Trinajstić information content (AvgIpc) is 1.11. The van der Waals surface area contributed by atoms with E-state index in [4.69, 9.17) is 15.0 Å². The average molecular weight is 1070 g/mol. The normalized spacial score (nSPS) is 13.1. The van der Waals surface area contributed by atoms with Crippen molar-refractivity contribution in [1.29, 1.82) is 0 Å². The van der Waals surface area contributed by atoms with Gasteiger partial charge in [0.1, 0.15) is 0 Å². The van der Waals surface area contributed by atoms with Gasteiger partial charge in [-0.05, 0) is 123 Å². The van der Waals surface area contributed by atoms with E-state index in [2.05, 4.69) is 220 Å². The third kappa shape index (κ3) is 7.06. The Morgan fingerprint density at radius 2 is 0.738 bits per heavy atom. The topological polar surface area (TPSA) is 68.8 Å². The quantitative estimate of drug-likeness (QED) is 0.159. The molecule has 15 aromatic rings. The molecular formula is C77H48N6O. The molecule has 3 aromatic heterocycles. The molecule has 1 aliphatic carbocycles. The highest BCUT2D eigenvalue weighted by atomic mass is 16.1. The first-order valence-electron chi connectivity index (χ1n) is 28.5. The van der Waals surface area contributed by atoms with Crippen LogP contribution in [0.1, 0.15) is 38.2 Å². The third-order valence-corrected chi connectivity index (χ3v) is 17.4. The first-order chi connectivity index (χ1) is 41.6. The second-order valence-corrected chi connectivity index (χ2v) is 21.8. The zero-order valence-electron chi connectivity index (χ0n) is 45.3. The number of para-hydroxylation sites is 4. The summed E-state index contributed by atoms with van der Waals surface area (Å²) in [6.45, 7) is 0. The molecule has 0 fully saturated rings. The molecule has 84 heavy (non-hydrogen) atoms. The Hall–Kier alpha value is -11.3. The molecule has 2 aliphatic rings. The van der Waals surface area contributed by atoms with E-state index in [9.17, 15) is 4.79 Å². The van der Waals surface area contributed by atoms with E-state index in [-0.39, 0.29) is 5.78 Å². The van der Waals surface area contributed by atoms with E-state index in [1.54, 1.807) is 0 Å². The molecule has 1 spiro atoms. The van der Waals surface area contributed by atoms with E-state index < -0.39 is 5.41 Å². The number of hydrogen-bond donors (Lipinski definition) is 0. The number of carbonyl (C=O) groups excluding carboxylic acids is 1. The van der Waals surface area contributed by atoms with Crippen LogP contribution in [-0.2, 0) is 5.41 Å². The zero-order valence-corrected chi connectivity index (χ0v) is 45.3. The fourth-order valence-electron chi connectivity index (χ4n) is 13.7. The summed E-state index contributed by atoms with van der Waals surface area (Å²) in [4.78, 5) is 32.4. The molecule has 17 rings (SSSR count). The number of rotatable bonds is 7. The first kappa shape index (κ1) is 47.5. The minimum absolute atomic E-state index is 0.0507.